The van der Waals surface area contributed by atoms with Gasteiger partial charge >= 0.3 is 5.69 Å². The molecule has 1 aliphatic rings. The van der Waals surface area contributed by atoms with Gasteiger partial charge in [0.05, 0.1) is 12.3 Å². The molecule has 166 valence electrons. The zero-order valence-corrected chi connectivity index (χ0v) is 19.2. The fourth-order valence-electron chi connectivity index (χ4n) is 3.70. The maximum absolute atomic E-state index is 13.5. The molecule has 0 radical (unpaired) electrons. The van der Waals surface area contributed by atoms with E-state index in [0.29, 0.717) is 30.9 Å². The highest BCUT2D eigenvalue weighted by Gasteiger charge is 2.20. The van der Waals surface area contributed by atoms with E-state index in [-0.39, 0.29) is 34.0 Å². The number of benzene rings is 1. The van der Waals surface area contributed by atoms with Crippen molar-refractivity contribution in [1.82, 2.24) is 14.5 Å². The van der Waals surface area contributed by atoms with Crippen molar-refractivity contribution in [3.05, 3.63) is 56.6 Å². The lowest BCUT2D eigenvalue weighted by atomic mass is 10.2. The Morgan fingerprint density at radius 1 is 1.10 bits per heavy atom. The van der Waals surface area contributed by atoms with Crippen LogP contribution in [0.4, 0.5) is 10.1 Å². The number of hydrogen-bond donors (Lipinski definition) is 1. The van der Waals surface area contributed by atoms with Gasteiger partial charge in [-0.1, -0.05) is 6.92 Å². The third-order valence-corrected chi connectivity index (χ3v) is 5.31. The maximum Gasteiger partial charge on any atom is 0.328 e. The Morgan fingerprint density at radius 3 is 2.50 bits per heavy atom. The van der Waals surface area contributed by atoms with E-state index in [4.69, 9.17) is 4.74 Å². The Bertz CT molecular complexity index is 939. The van der Waals surface area contributed by atoms with Crippen molar-refractivity contribution in [3.63, 3.8) is 0 Å². The van der Waals surface area contributed by atoms with E-state index >= 15 is 0 Å². The molecule has 0 unspecified atom stereocenters. The van der Waals surface area contributed by atoms with Crippen molar-refractivity contribution >= 4 is 22.7 Å². The largest absolute Gasteiger partial charge is 0.492 e. The number of aryl methyl sites for hydroxylation is 1. The van der Waals surface area contributed by atoms with Crippen molar-refractivity contribution in [3.8, 4) is 5.75 Å². The first-order valence-electron chi connectivity index (χ1n) is 10.2. The minimum atomic E-state index is -0.350. The number of anilines is 1. The summed E-state index contributed by atoms with van der Waals surface area (Å²) in [5.41, 5.74) is 1.00. The number of hydrogen-bond acceptors (Lipinski definition) is 5. The smallest absolute Gasteiger partial charge is 0.328 e. The van der Waals surface area contributed by atoms with Gasteiger partial charge in [0.25, 0.3) is 5.56 Å². The lowest BCUT2D eigenvalue weighted by Gasteiger charge is -2.36. The number of H-pyrrole nitrogens is 1. The average molecular weight is 485 g/mol. The van der Waals surface area contributed by atoms with Crippen LogP contribution in [0.15, 0.2) is 34.0 Å². The Kier molecular flexibility index (Phi) is 9.10. The molecule has 0 saturated carbocycles. The van der Waals surface area contributed by atoms with E-state index in [1.54, 1.807) is 6.07 Å². The van der Waals surface area contributed by atoms with Crippen LogP contribution in [-0.4, -0.2) is 53.8 Å². The number of nitrogens with zero attached hydrogens (tertiary/aromatic N) is 3. The lowest BCUT2D eigenvalue weighted by molar-refractivity contribution is 0.248. The first-order valence-corrected chi connectivity index (χ1v) is 10.2. The number of aromatic amines is 1. The quantitative estimate of drug-likeness (QED) is 0.622. The van der Waals surface area contributed by atoms with E-state index in [1.807, 2.05) is 13.8 Å². The van der Waals surface area contributed by atoms with Crippen LogP contribution < -0.4 is 20.9 Å². The molecule has 0 spiro atoms. The van der Waals surface area contributed by atoms with Gasteiger partial charge in [-0.15, -0.1) is 17.0 Å². The Balaban J connectivity index is 0.00000320. The summed E-state index contributed by atoms with van der Waals surface area (Å²) in [7, 11) is 0. The number of nitrogens with one attached hydrogen (secondary N) is 1. The van der Waals surface area contributed by atoms with Gasteiger partial charge in [-0.05, 0) is 38.4 Å². The monoisotopic (exact) mass is 484 g/mol. The van der Waals surface area contributed by atoms with Crippen LogP contribution >= 0.6 is 17.0 Å². The van der Waals surface area contributed by atoms with Gasteiger partial charge in [0.2, 0.25) is 0 Å². The van der Waals surface area contributed by atoms with E-state index in [2.05, 4.69) is 14.8 Å². The highest BCUT2D eigenvalue weighted by Crippen LogP contribution is 2.30. The van der Waals surface area contributed by atoms with Crippen LogP contribution in [0, 0.1) is 5.82 Å². The zero-order valence-electron chi connectivity index (χ0n) is 17.5. The molecular weight excluding hydrogens is 455 g/mol. The Labute approximate surface area is 186 Å². The molecular formula is C21H30BrFN4O3. The Morgan fingerprint density at radius 2 is 1.83 bits per heavy atom. The molecule has 0 amide bonds. The van der Waals surface area contributed by atoms with Gasteiger partial charge in [0, 0.05) is 50.6 Å². The van der Waals surface area contributed by atoms with E-state index < -0.39 is 0 Å². The van der Waals surface area contributed by atoms with E-state index in [9.17, 15) is 14.0 Å². The van der Waals surface area contributed by atoms with Crippen LogP contribution in [-0.2, 0) is 13.0 Å². The number of ether oxygens (including phenoxy) is 1. The summed E-state index contributed by atoms with van der Waals surface area (Å²) in [6.45, 7) is 8.87. The van der Waals surface area contributed by atoms with Crippen molar-refractivity contribution in [2.24, 2.45) is 0 Å². The maximum atomic E-state index is 13.5. The first kappa shape index (κ1) is 24.1. The van der Waals surface area contributed by atoms with Crippen LogP contribution in [0.25, 0.3) is 0 Å². The molecule has 1 fully saturated rings. The van der Waals surface area contributed by atoms with E-state index in [0.717, 1.165) is 44.8 Å². The lowest BCUT2D eigenvalue weighted by Crippen LogP contribution is -2.47. The van der Waals surface area contributed by atoms with Crippen molar-refractivity contribution in [1.29, 1.82) is 0 Å². The summed E-state index contributed by atoms with van der Waals surface area (Å²) < 4.78 is 20.4. The molecule has 30 heavy (non-hydrogen) atoms. The number of halogens is 2. The van der Waals surface area contributed by atoms with Crippen LogP contribution in [0.3, 0.4) is 0 Å². The highest BCUT2D eigenvalue weighted by atomic mass is 79.9. The fourth-order valence-corrected chi connectivity index (χ4v) is 3.70. The molecule has 2 heterocycles. The standard InChI is InChI=1S/C21H29FN4O3.BrH/c1-3-16-15-23-21(28)26(20(16)27)9-5-8-24-10-12-25(13-11-24)18-7-6-17(22)14-19(18)29-4-2;/h6-7,14-15H,3-5,8-13H2,1-2H3,(H,23,28);1H. The molecule has 0 atom stereocenters. The average Bonchev–Trinajstić information content (AvgIpc) is 2.72. The summed E-state index contributed by atoms with van der Waals surface area (Å²) in [5, 5.41) is 0. The number of rotatable bonds is 8. The molecule has 1 aromatic carbocycles. The molecule has 1 aromatic heterocycles. The molecule has 1 aliphatic heterocycles. The van der Waals surface area contributed by atoms with Gasteiger partial charge < -0.3 is 14.6 Å². The Hall–Kier alpha value is -2.13. The first-order chi connectivity index (χ1) is 14.0. The van der Waals surface area contributed by atoms with Gasteiger partial charge in [-0.25, -0.2) is 9.18 Å². The predicted octanol–water partition coefficient (Wildman–Crippen LogP) is 2.43. The summed E-state index contributed by atoms with van der Waals surface area (Å²) in [6.07, 6.45) is 2.84. The summed E-state index contributed by atoms with van der Waals surface area (Å²) in [5.74, 6) is 0.281. The predicted molar refractivity (Wildman–Crippen MR) is 122 cm³/mol. The minimum Gasteiger partial charge on any atom is -0.492 e. The zero-order chi connectivity index (χ0) is 20.8. The molecule has 7 nitrogen and oxygen atoms in total. The summed E-state index contributed by atoms with van der Waals surface area (Å²) in [6, 6.07) is 4.67. The molecule has 1 saturated heterocycles. The van der Waals surface area contributed by atoms with Crippen molar-refractivity contribution in [2.45, 2.75) is 33.2 Å². The summed E-state index contributed by atoms with van der Waals surface area (Å²) in [4.78, 5) is 31.4. The minimum absolute atomic E-state index is 0. The second-order valence-corrected chi connectivity index (χ2v) is 7.16. The summed E-state index contributed by atoms with van der Waals surface area (Å²) >= 11 is 0. The number of aromatic nitrogens is 2. The fraction of sp³-hybridized carbons (Fsp3) is 0.524. The third-order valence-electron chi connectivity index (χ3n) is 5.31. The van der Waals surface area contributed by atoms with Crippen LogP contribution in [0.5, 0.6) is 5.75 Å². The van der Waals surface area contributed by atoms with Crippen LogP contribution in [0.2, 0.25) is 0 Å². The highest BCUT2D eigenvalue weighted by molar-refractivity contribution is 8.93. The van der Waals surface area contributed by atoms with Gasteiger partial charge in [-0.2, -0.15) is 0 Å². The molecule has 0 aliphatic carbocycles. The second kappa shape index (κ2) is 11.3. The SMILES string of the molecule is Br.CCOc1cc(F)ccc1N1CCN(CCCn2c(=O)[nH]cc(CC)c2=O)CC1. The molecule has 0 bridgehead atoms. The normalized spacial score (nSPS) is 14.4. The molecule has 2 aromatic rings. The van der Waals surface area contributed by atoms with Gasteiger partial charge in [-0.3, -0.25) is 14.3 Å². The molecule has 3 rings (SSSR count). The van der Waals surface area contributed by atoms with Gasteiger partial charge in [0.1, 0.15) is 11.6 Å². The second-order valence-electron chi connectivity index (χ2n) is 7.16. The molecule has 9 heteroatoms. The van der Waals surface area contributed by atoms with Crippen molar-refractivity contribution in [2.75, 3.05) is 44.2 Å². The van der Waals surface area contributed by atoms with Gasteiger partial charge in [0.15, 0.2) is 0 Å². The topological polar surface area (TPSA) is 70.6 Å². The molecule has 1 N–H and O–H groups in total. The van der Waals surface area contributed by atoms with Crippen LogP contribution in [0.1, 0.15) is 25.8 Å². The third kappa shape index (κ3) is 5.72. The van der Waals surface area contributed by atoms with Crippen molar-refractivity contribution < 1.29 is 9.13 Å². The number of piperazine rings is 1. The van der Waals surface area contributed by atoms with E-state index in [1.165, 1.54) is 22.9 Å².